The summed E-state index contributed by atoms with van der Waals surface area (Å²) < 4.78 is 6.49. The average molecular weight is 328 g/mol. The van der Waals surface area contributed by atoms with Gasteiger partial charge in [-0.3, -0.25) is 9.89 Å². The second-order valence-corrected chi connectivity index (χ2v) is 5.42. The first kappa shape index (κ1) is 13.7. The van der Waals surface area contributed by atoms with E-state index in [1.165, 1.54) is 10.6 Å². The molecule has 4 aromatic rings. The monoisotopic (exact) mass is 327 g/mol. The van der Waals surface area contributed by atoms with Gasteiger partial charge in [0, 0.05) is 22.8 Å². The molecule has 1 N–H and O–H groups in total. The van der Waals surface area contributed by atoms with Gasteiger partial charge in [-0.2, -0.15) is 4.98 Å². The van der Waals surface area contributed by atoms with Crippen molar-refractivity contribution in [2.75, 3.05) is 0 Å². The molecule has 0 spiro atoms. The zero-order valence-corrected chi connectivity index (χ0v) is 12.7. The zero-order chi connectivity index (χ0) is 16.0. The van der Waals surface area contributed by atoms with Gasteiger partial charge in [-0.15, -0.1) is 0 Å². The highest BCUT2D eigenvalue weighted by Crippen LogP contribution is 2.24. The minimum Gasteiger partial charge on any atom is -0.334 e. The van der Waals surface area contributed by atoms with Gasteiger partial charge >= 0.3 is 0 Å². The lowest BCUT2D eigenvalue weighted by Crippen LogP contribution is -2.14. The Bertz CT molecular complexity index is 1060. The Morgan fingerprint density at radius 2 is 2.00 bits per heavy atom. The summed E-state index contributed by atoms with van der Waals surface area (Å²) in [6, 6.07) is 8.57. The molecule has 1 aromatic carbocycles. The number of fused-ring (bicyclic) bond motifs is 1. The highest BCUT2D eigenvalue weighted by molar-refractivity contribution is 6.30. The Hall–Kier alpha value is -2.93. The van der Waals surface area contributed by atoms with E-state index in [4.69, 9.17) is 16.1 Å². The van der Waals surface area contributed by atoms with Crippen LogP contribution in [0, 0.1) is 6.92 Å². The topological polar surface area (TPSA) is 89.1 Å². The summed E-state index contributed by atoms with van der Waals surface area (Å²) in [7, 11) is 0. The minimum absolute atomic E-state index is 0.234. The number of nitrogens with one attached hydrogen (secondary N) is 1. The largest absolute Gasteiger partial charge is 0.334 e. The smallest absolute Gasteiger partial charge is 0.273 e. The van der Waals surface area contributed by atoms with Gasteiger partial charge in [0.25, 0.3) is 11.4 Å². The van der Waals surface area contributed by atoms with Crippen LogP contribution in [0.3, 0.4) is 0 Å². The third-order valence-electron chi connectivity index (χ3n) is 3.40. The van der Waals surface area contributed by atoms with Crippen molar-refractivity contribution < 1.29 is 4.52 Å². The molecule has 0 amide bonds. The Morgan fingerprint density at radius 1 is 1.22 bits per heavy atom. The maximum Gasteiger partial charge on any atom is 0.273 e. The van der Waals surface area contributed by atoms with E-state index in [1.54, 1.807) is 25.3 Å². The van der Waals surface area contributed by atoms with Crippen LogP contribution in [0.25, 0.3) is 28.4 Å². The van der Waals surface area contributed by atoms with Crippen molar-refractivity contribution in [3.63, 3.8) is 0 Å². The van der Waals surface area contributed by atoms with Gasteiger partial charge in [0.15, 0.2) is 11.5 Å². The minimum atomic E-state index is -0.234. The first-order valence-electron chi connectivity index (χ1n) is 6.79. The van der Waals surface area contributed by atoms with Crippen LogP contribution in [0.5, 0.6) is 0 Å². The van der Waals surface area contributed by atoms with Gasteiger partial charge < -0.3 is 4.52 Å². The van der Waals surface area contributed by atoms with Crippen LogP contribution in [0.2, 0.25) is 5.02 Å². The second kappa shape index (κ2) is 5.06. The molecule has 0 aliphatic heterocycles. The van der Waals surface area contributed by atoms with E-state index in [9.17, 15) is 4.79 Å². The number of H-pyrrole nitrogens is 1. The van der Waals surface area contributed by atoms with Crippen LogP contribution in [0.1, 0.15) is 5.82 Å². The molecular weight excluding hydrogens is 318 g/mol. The highest BCUT2D eigenvalue weighted by atomic mass is 35.5. The number of hydrogen-bond donors (Lipinski definition) is 1. The fraction of sp³-hybridized carbons (Fsp3) is 0.0667. The molecule has 23 heavy (non-hydrogen) atoms. The lowest BCUT2D eigenvalue weighted by atomic mass is 10.1. The van der Waals surface area contributed by atoms with Crippen LogP contribution in [0.4, 0.5) is 0 Å². The van der Waals surface area contributed by atoms with Crippen molar-refractivity contribution in [2.45, 2.75) is 6.92 Å². The van der Waals surface area contributed by atoms with Crippen LogP contribution in [0.15, 0.2) is 45.8 Å². The van der Waals surface area contributed by atoms with Crippen LogP contribution in [-0.2, 0) is 0 Å². The van der Waals surface area contributed by atoms with E-state index in [1.807, 2.05) is 12.1 Å². The summed E-state index contributed by atoms with van der Waals surface area (Å²) in [4.78, 5) is 21.0. The van der Waals surface area contributed by atoms with Crippen molar-refractivity contribution in [1.82, 2.24) is 24.7 Å². The summed E-state index contributed by atoms with van der Waals surface area (Å²) in [5.74, 6) is 0.817. The van der Waals surface area contributed by atoms with E-state index < -0.39 is 0 Å². The summed E-state index contributed by atoms with van der Waals surface area (Å²) in [6.45, 7) is 1.72. The number of rotatable bonds is 2. The summed E-state index contributed by atoms with van der Waals surface area (Å²) in [6.07, 6.45) is 1.61. The number of halogens is 1. The number of aryl methyl sites for hydroxylation is 1. The lowest BCUT2D eigenvalue weighted by molar-refractivity contribution is 0.426. The number of nitrogens with zero attached hydrogens (tertiary/aromatic N) is 4. The molecule has 0 saturated heterocycles. The summed E-state index contributed by atoms with van der Waals surface area (Å²) in [5.41, 5.74) is 2.10. The predicted molar refractivity (Wildman–Crippen MR) is 84.3 cm³/mol. The SMILES string of the molecule is Cc1noc(-c2c[nH]n3c(=O)cc(-c4ccc(Cl)cc4)nc23)n1. The normalized spacial score (nSPS) is 11.2. The van der Waals surface area contributed by atoms with Crippen molar-refractivity contribution in [3.05, 3.63) is 57.7 Å². The molecule has 7 nitrogen and oxygen atoms in total. The molecule has 0 radical (unpaired) electrons. The quantitative estimate of drug-likeness (QED) is 0.611. The maximum atomic E-state index is 12.3. The van der Waals surface area contributed by atoms with Crippen LogP contribution < -0.4 is 5.56 Å². The third-order valence-corrected chi connectivity index (χ3v) is 3.65. The van der Waals surface area contributed by atoms with E-state index in [2.05, 4.69) is 20.2 Å². The fourth-order valence-corrected chi connectivity index (χ4v) is 2.44. The van der Waals surface area contributed by atoms with Gasteiger partial charge in [0.1, 0.15) is 5.56 Å². The van der Waals surface area contributed by atoms with E-state index in [-0.39, 0.29) is 5.56 Å². The van der Waals surface area contributed by atoms with E-state index in [0.717, 1.165) is 5.56 Å². The molecule has 0 aliphatic carbocycles. The molecule has 0 atom stereocenters. The van der Waals surface area contributed by atoms with E-state index in [0.29, 0.717) is 33.6 Å². The Balaban J connectivity index is 1.95. The third kappa shape index (κ3) is 2.31. The zero-order valence-electron chi connectivity index (χ0n) is 11.9. The van der Waals surface area contributed by atoms with E-state index >= 15 is 0 Å². The Labute approximate surface area is 134 Å². The standard InChI is InChI=1S/C15H10ClN5O2/c1-8-18-15(23-20-8)11-7-17-21-13(22)6-12(19-14(11)21)9-2-4-10(16)5-3-9/h2-7,17H,1H3. The molecule has 8 heteroatoms. The summed E-state index contributed by atoms with van der Waals surface area (Å²) >= 11 is 5.90. The molecule has 3 aromatic heterocycles. The first-order valence-corrected chi connectivity index (χ1v) is 7.17. The lowest BCUT2D eigenvalue weighted by Gasteiger charge is -2.02. The van der Waals surface area contributed by atoms with Gasteiger partial charge in [-0.05, 0) is 19.1 Å². The van der Waals surface area contributed by atoms with Crippen molar-refractivity contribution in [3.8, 4) is 22.7 Å². The molecule has 0 bridgehead atoms. The molecule has 0 saturated carbocycles. The number of aromatic amines is 1. The molecule has 3 heterocycles. The second-order valence-electron chi connectivity index (χ2n) is 4.98. The van der Waals surface area contributed by atoms with Crippen molar-refractivity contribution in [2.24, 2.45) is 0 Å². The van der Waals surface area contributed by atoms with Gasteiger partial charge in [-0.25, -0.2) is 9.50 Å². The maximum absolute atomic E-state index is 12.3. The van der Waals surface area contributed by atoms with Crippen LogP contribution in [-0.4, -0.2) is 24.7 Å². The average Bonchev–Trinajstić information content (AvgIpc) is 3.14. The number of benzene rings is 1. The molecular formula is C15H10ClN5O2. The fourth-order valence-electron chi connectivity index (χ4n) is 2.31. The molecule has 0 fully saturated rings. The molecule has 4 rings (SSSR count). The van der Waals surface area contributed by atoms with Crippen LogP contribution >= 0.6 is 11.6 Å². The summed E-state index contributed by atoms with van der Waals surface area (Å²) in [5, 5.41) is 7.23. The number of hydrogen-bond acceptors (Lipinski definition) is 5. The molecule has 0 unspecified atom stereocenters. The number of aromatic nitrogens is 5. The van der Waals surface area contributed by atoms with Crippen molar-refractivity contribution >= 4 is 17.2 Å². The molecule has 114 valence electrons. The Morgan fingerprint density at radius 3 is 2.70 bits per heavy atom. The first-order chi connectivity index (χ1) is 11.1. The highest BCUT2D eigenvalue weighted by Gasteiger charge is 2.16. The van der Waals surface area contributed by atoms with Crippen molar-refractivity contribution in [1.29, 1.82) is 0 Å². The Kier molecular flexibility index (Phi) is 3.02. The van der Waals surface area contributed by atoms with Gasteiger partial charge in [0.05, 0.1) is 5.69 Å². The molecule has 0 aliphatic rings. The van der Waals surface area contributed by atoms with Gasteiger partial charge in [0.2, 0.25) is 0 Å². The van der Waals surface area contributed by atoms with Gasteiger partial charge in [-0.1, -0.05) is 28.9 Å². The predicted octanol–water partition coefficient (Wildman–Crippen LogP) is 2.70.